The fourth-order valence-corrected chi connectivity index (χ4v) is 3.87. The Kier molecular flexibility index (Phi) is 7.65. The van der Waals surface area contributed by atoms with Gasteiger partial charge in [-0.25, -0.2) is 9.78 Å². The standard InChI is InChI=1S/C28H26N2O6/c1-33-25-10-6-21(17-26(25)34-2)24(16-19-12-14-30(32)15-13-19)22-7-11-27(29-18-22)36-23-8-4-20(5-9-23)28(31)35-3/h4-15,17-18,24H,16H2,1-3H3. The number of hydrogen-bond acceptors (Lipinski definition) is 7. The van der Waals surface area contributed by atoms with Crippen molar-refractivity contribution in [3.63, 3.8) is 0 Å². The van der Waals surface area contributed by atoms with E-state index in [4.69, 9.17) is 18.9 Å². The van der Waals surface area contributed by atoms with Gasteiger partial charge in [-0.2, -0.15) is 4.73 Å². The van der Waals surface area contributed by atoms with Crippen molar-refractivity contribution in [2.24, 2.45) is 0 Å². The summed E-state index contributed by atoms with van der Waals surface area (Å²) in [5, 5.41) is 11.5. The number of methoxy groups -OCH3 is 3. The SMILES string of the molecule is COC(=O)c1ccc(Oc2ccc(C(Cc3cc[n+]([O-])cc3)c3ccc(OC)c(OC)c3)cn2)cc1. The first kappa shape index (κ1) is 24.5. The molecule has 0 amide bonds. The molecule has 1 unspecified atom stereocenters. The molecule has 0 fully saturated rings. The fourth-order valence-electron chi connectivity index (χ4n) is 3.87. The maximum Gasteiger partial charge on any atom is 0.337 e. The van der Waals surface area contributed by atoms with E-state index in [9.17, 15) is 10.0 Å². The smallest absolute Gasteiger partial charge is 0.337 e. The summed E-state index contributed by atoms with van der Waals surface area (Å²) in [6, 6.07) is 19.8. The molecule has 2 aromatic carbocycles. The molecule has 4 rings (SSSR count). The van der Waals surface area contributed by atoms with E-state index < -0.39 is 5.97 Å². The minimum absolute atomic E-state index is 0.0619. The van der Waals surface area contributed by atoms with Gasteiger partial charge in [0.05, 0.1) is 26.9 Å². The zero-order valence-corrected chi connectivity index (χ0v) is 20.2. The summed E-state index contributed by atoms with van der Waals surface area (Å²) in [4.78, 5) is 16.1. The number of benzene rings is 2. The highest BCUT2D eigenvalue weighted by molar-refractivity contribution is 5.89. The lowest BCUT2D eigenvalue weighted by Crippen LogP contribution is -2.24. The molecule has 0 radical (unpaired) electrons. The van der Waals surface area contributed by atoms with E-state index in [0.717, 1.165) is 21.4 Å². The topological polar surface area (TPSA) is 93.8 Å². The van der Waals surface area contributed by atoms with Crippen molar-refractivity contribution >= 4 is 5.97 Å². The van der Waals surface area contributed by atoms with E-state index in [2.05, 4.69) is 4.98 Å². The highest BCUT2D eigenvalue weighted by atomic mass is 16.5. The van der Waals surface area contributed by atoms with Crippen molar-refractivity contribution in [3.8, 4) is 23.1 Å². The Labute approximate surface area is 209 Å². The predicted molar refractivity (Wildman–Crippen MR) is 133 cm³/mol. The third-order valence-electron chi connectivity index (χ3n) is 5.78. The van der Waals surface area contributed by atoms with Gasteiger partial charge in [-0.05, 0) is 59.5 Å². The third kappa shape index (κ3) is 5.72. The van der Waals surface area contributed by atoms with E-state index in [1.54, 1.807) is 50.7 Å². The monoisotopic (exact) mass is 486 g/mol. The molecule has 0 spiro atoms. The van der Waals surface area contributed by atoms with Gasteiger partial charge in [0.25, 0.3) is 0 Å². The molecule has 4 aromatic rings. The maximum atomic E-state index is 11.6. The van der Waals surface area contributed by atoms with Crippen LogP contribution in [0.1, 0.15) is 33.0 Å². The molecule has 184 valence electrons. The van der Waals surface area contributed by atoms with Gasteiger partial charge < -0.3 is 24.2 Å². The molecular formula is C28H26N2O6. The van der Waals surface area contributed by atoms with E-state index >= 15 is 0 Å². The van der Waals surface area contributed by atoms with Crippen molar-refractivity contribution in [2.75, 3.05) is 21.3 Å². The molecular weight excluding hydrogens is 460 g/mol. The summed E-state index contributed by atoms with van der Waals surface area (Å²) >= 11 is 0. The average Bonchev–Trinajstić information content (AvgIpc) is 2.93. The van der Waals surface area contributed by atoms with Crippen molar-refractivity contribution in [1.82, 2.24) is 4.98 Å². The molecule has 0 saturated heterocycles. The van der Waals surface area contributed by atoms with Crippen LogP contribution in [0, 0.1) is 5.21 Å². The Morgan fingerprint density at radius 2 is 1.58 bits per heavy atom. The van der Waals surface area contributed by atoms with Crippen LogP contribution in [0.2, 0.25) is 0 Å². The highest BCUT2D eigenvalue weighted by Crippen LogP contribution is 2.35. The van der Waals surface area contributed by atoms with Crippen LogP contribution in [0.15, 0.2) is 85.3 Å². The second kappa shape index (κ2) is 11.2. The Bertz CT molecular complexity index is 1310. The lowest BCUT2D eigenvalue weighted by atomic mass is 9.87. The molecule has 2 heterocycles. The van der Waals surface area contributed by atoms with Crippen LogP contribution in [0.4, 0.5) is 0 Å². The van der Waals surface area contributed by atoms with E-state index in [-0.39, 0.29) is 5.92 Å². The summed E-state index contributed by atoms with van der Waals surface area (Å²) in [6.45, 7) is 0. The van der Waals surface area contributed by atoms with Gasteiger partial charge in [-0.1, -0.05) is 12.1 Å². The summed E-state index contributed by atoms with van der Waals surface area (Å²) in [7, 11) is 4.54. The number of pyridine rings is 2. The van der Waals surface area contributed by atoms with Crippen molar-refractivity contribution in [1.29, 1.82) is 0 Å². The van der Waals surface area contributed by atoms with Crippen LogP contribution in [0.5, 0.6) is 23.1 Å². The normalized spacial score (nSPS) is 11.4. The first-order chi connectivity index (χ1) is 17.5. The molecule has 0 bridgehead atoms. The Hall–Kier alpha value is -4.59. The van der Waals surface area contributed by atoms with Gasteiger partial charge >= 0.3 is 5.97 Å². The number of esters is 1. The van der Waals surface area contributed by atoms with Crippen LogP contribution in [0.25, 0.3) is 0 Å². The van der Waals surface area contributed by atoms with Crippen molar-refractivity contribution in [2.45, 2.75) is 12.3 Å². The van der Waals surface area contributed by atoms with E-state index in [1.165, 1.54) is 19.5 Å². The molecule has 2 aromatic heterocycles. The van der Waals surface area contributed by atoms with Gasteiger partial charge in [-0.15, -0.1) is 0 Å². The van der Waals surface area contributed by atoms with Crippen LogP contribution in [0.3, 0.4) is 0 Å². The quantitative estimate of drug-likeness (QED) is 0.193. The number of carbonyl (C=O) groups excluding carboxylic acids is 1. The van der Waals surface area contributed by atoms with Crippen LogP contribution in [-0.4, -0.2) is 32.3 Å². The molecule has 8 heteroatoms. The van der Waals surface area contributed by atoms with Crippen molar-refractivity contribution in [3.05, 3.63) is 113 Å². The predicted octanol–water partition coefficient (Wildman–Crippen LogP) is 4.69. The second-order valence-corrected chi connectivity index (χ2v) is 7.99. The van der Waals surface area contributed by atoms with E-state index in [1.807, 2.05) is 36.4 Å². The van der Waals surface area contributed by atoms with Gasteiger partial charge in [0.2, 0.25) is 5.88 Å². The number of aromatic nitrogens is 2. The third-order valence-corrected chi connectivity index (χ3v) is 5.78. The Balaban J connectivity index is 1.60. The number of carbonyl (C=O) groups is 1. The molecule has 36 heavy (non-hydrogen) atoms. The Morgan fingerprint density at radius 1 is 0.889 bits per heavy atom. The molecule has 1 atom stereocenters. The van der Waals surface area contributed by atoms with Crippen LogP contribution < -0.4 is 18.9 Å². The number of nitrogens with zero attached hydrogens (tertiary/aromatic N) is 2. The van der Waals surface area contributed by atoms with Crippen LogP contribution in [-0.2, 0) is 11.2 Å². The van der Waals surface area contributed by atoms with Crippen LogP contribution >= 0.6 is 0 Å². The maximum absolute atomic E-state index is 11.6. The summed E-state index contributed by atoms with van der Waals surface area (Å²) in [5.74, 6) is 1.78. The summed E-state index contributed by atoms with van der Waals surface area (Å²) in [6.07, 6.45) is 5.40. The summed E-state index contributed by atoms with van der Waals surface area (Å²) < 4.78 is 22.2. The number of ether oxygens (including phenoxy) is 4. The highest BCUT2D eigenvalue weighted by Gasteiger charge is 2.19. The first-order valence-corrected chi connectivity index (χ1v) is 11.2. The molecule has 0 N–H and O–H groups in total. The minimum atomic E-state index is -0.409. The Morgan fingerprint density at radius 3 is 2.19 bits per heavy atom. The summed E-state index contributed by atoms with van der Waals surface area (Å²) in [5.41, 5.74) is 3.43. The average molecular weight is 487 g/mol. The lowest BCUT2D eigenvalue weighted by molar-refractivity contribution is -0.605. The minimum Gasteiger partial charge on any atom is -0.619 e. The lowest BCUT2D eigenvalue weighted by Gasteiger charge is -2.20. The zero-order valence-electron chi connectivity index (χ0n) is 20.2. The molecule has 0 aliphatic heterocycles. The molecule has 0 aliphatic rings. The number of rotatable bonds is 9. The van der Waals surface area contributed by atoms with Gasteiger partial charge in [0.15, 0.2) is 23.9 Å². The zero-order chi connectivity index (χ0) is 25.5. The largest absolute Gasteiger partial charge is 0.619 e. The van der Waals surface area contributed by atoms with Gasteiger partial charge in [-0.3, -0.25) is 0 Å². The van der Waals surface area contributed by atoms with Gasteiger partial charge in [0, 0.05) is 30.3 Å². The molecule has 0 aliphatic carbocycles. The fraction of sp³-hybridized carbons (Fsp3) is 0.179. The van der Waals surface area contributed by atoms with Gasteiger partial charge in [0.1, 0.15) is 5.75 Å². The molecule has 8 nitrogen and oxygen atoms in total. The second-order valence-electron chi connectivity index (χ2n) is 7.99. The first-order valence-electron chi connectivity index (χ1n) is 11.2. The molecule has 0 saturated carbocycles. The van der Waals surface area contributed by atoms with E-state index in [0.29, 0.717) is 35.1 Å². The number of hydrogen-bond donors (Lipinski definition) is 0. The van der Waals surface area contributed by atoms with Crippen molar-refractivity contribution < 1.29 is 28.5 Å².